The fraction of sp³-hybridized carbons (Fsp3) is 0.821. The van der Waals surface area contributed by atoms with Crippen molar-refractivity contribution in [2.75, 3.05) is 13.2 Å². The van der Waals surface area contributed by atoms with Crippen molar-refractivity contribution < 1.29 is 49.3 Å². The number of nitrogens with one attached hydrogen (secondary N) is 1. The number of unbranched alkanes of at least 4 members (excludes halogenated alkanes) is 25. The molecule has 0 spiro atoms. The van der Waals surface area contributed by atoms with E-state index < -0.39 is 67.4 Å². The number of allylic oxidation sites excluding steroid dienone is 7. The molecule has 390 valence electrons. The first-order valence-electron chi connectivity index (χ1n) is 27.4. The van der Waals surface area contributed by atoms with Crippen LogP contribution in [0.3, 0.4) is 0 Å². The number of rotatable bonds is 45. The van der Waals surface area contributed by atoms with Crippen LogP contribution in [0.25, 0.3) is 0 Å². The molecule has 11 heteroatoms. The van der Waals surface area contributed by atoms with Gasteiger partial charge in [0.05, 0.1) is 25.4 Å². The minimum absolute atomic E-state index is 0.122. The van der Waals surface area contributed by atoms with E-state index >= 15 is 0 Å². The highest BCUT2D eigenvalue weighted by Crippen LogP contribution is 2.26. The molecule has 67 heavy (non-hydrogen) atoms. The highest BCUT2D eigenvalue weighted by Gasteiger charge is 2.47. The zero-order valence-corrected chi connectivity index (χ0v) is 42.8. The summed E-state index contributed by atoms with van der Waals surface area (Å²) in [6.07, 6.45) is 41.6. The average molecular weight is 948 g/mol. The van der Waals surface area contributed by atoms with E-state index in [1.165, 1.54) is 109 Å². The second kappa shape index (κ2) is 44.8. The lowest BCUT2D eigenvalue weighted by atomic mass is 9.99. The molecule has 1 fully saturated rings. The minimum atomic E-state index is -1.61. The summed E-state index contributed by atoms with van der Waals surface area (Å²) in [6.45, 7) is 5.70. The Morgan fingerprint density at radius 1 is 0.582 bits per heavy atom. The Hall–Kier alpha value is -2.38. The van der Waals surface area contributed by atoms with Crippen molar-refractivity contribution in [3.8, 4) is 0 Å². The Bertz CT molecular complexity index is 1270. The minimum Gasteiger partial charge on any atom is -0.454 e. The normalized spacial score (nSPS) is 20.4. The molecule has 8 unspecified atom stereocenters. The maximum atomic E-state index is 13.3. The second-order valence-corrected chi connectivity index (χ2v) is 19.0. The Morgan fingerprint density at radius 2 is 1.03 bits per heavy atom. The van der Waals surface area contributed by atoms with Gasteiger partial charge in [-0.15, -0.1) is 0 Å². The monoisotopic (exact) mass is 948 g/mol. The van der Waals surface area contributed by atoms with Crippen molar-refractivity contribution in [2.45, 2.75) is 282 Å². The summed E-state index contributed by atoms with van der Waals surface area (Å²) in [5.74, 6) is -1.22. The maximum absolute atomic E-state index is 13.3. The first-order valence-corrected chi connectivity index (χ1v) is 27.4. The van der Waals surface area contributed by atoms with Crippen LogP contribution < -0.4 is 5.32 Å². The summed E-state index contributed by atoms with van der Waals surface area (Å²) < 4.78 is 17.5. The summed E-state index contributed by atoms with van der Waals surface area (Å²) in [4.78, 5) is 26.3. The molecular weight excluding hydrogens is 847 g/mol. The zero-order valence-electron chi connectivity index (χ0n) is 42.8. The van der Waals surface area contributed by atoms with Gasteiger partial charge in [-0.1, -0.05) is 211 Å². The van der Waals surface area contributed by atoms with Gasteiger partial charge in [0.25, 0.3) is 0 Å². The summed E-state index contributed by atoms with van der Waals surface area (Å²) in [5, 5.41) is 56.6. The van der Waals surface area contributed by atoms with Gasteiger partial charge in [-0.05, 0) is 64.2 Å². The fourth-order valence-electron chi connectivity index (χ4n) is 8.30. The van der Waals surface area contributed by atoms with Gasteiger partial charge in [0.15, 0.2) is 12.4 Å². The second-order valence-electron chi connectivity index (χ2n) is 19.0. The highest BCUT2D eigenvalue weighted by atomic mass is 16.7. The Balaban J connectivity index is 2.77. The number of hydrogen-bond donors (Lipinski definition) is 6. The van der Waals surface area contributed by atoms with Crippen LogP contribution >= 0.6 is 0 Å². The highest BCUT2D eigenvalue weighted by molar-refractivity contribution is 5.80. The molecule has 1 saturated heterocycles. The molecule has 0 aromatic rings. The molecule has 6 N–H and O–H groups in total. The average Bonchev–Trinajstić information content (AvgIpc) is 3.32. The number of hydrogen-bond acceptors (Lipinski definition) is 10. The predicted molar refractivity (Wildman–Crippen MR) is 273 cm³/mol. The smallest absolute Gasteiger partial charge is 0.306 e. The van der Waals surface area contributed by atoms with Crippen molar-refractivity contribution in [1.29, 1.82) is 0 Å². The van der Waals surface area contributed by atoms with Crippen LogP contribution in [0.4, 0.5) is 0 Å². The van der Waals surface area contributed by atoms with Gasteiger partial charge in [-0.25, -0.2) is 0 Å². The van der Waals surface area contributed by atoms with Gasteiger partial charge in [-0.2, -0.15) is 0 Å². The van der Waals surface area contributed by atoms with E-state index in [1.54, 1.807) is 6.08 Å². The Morgan fingerprint density at radius 3 is 1.57 bits per heavy atom. The summed E-state index contributed by atoms with van der Waals surface area (Å²) >= 11 is 0. The first-order chi connectivity index (χ1) is 32.7. The van der Waals surface area contributed by atoms with Gasteiger partial charge in [0, 0.05) is 6.42 Å². The van der Waals surface area contributed by atoms with Crippen LogP contribution in [0.1, 0.15) is 233 Å². The molecule has 0 aromatic carbocycles. The quantitative estimate of drug-likeness (QED) is 0.0196. The number of carbonyl (C=O) groups excluding carboxylic acids is 2. The van der Waals surface area contributed by atoms with E-state index in [2.05, 4.69) is 62.5 Å². The van der Waals surface area contributed by atoms with E-state index in [1.807, 2.05) is 6.08 Å². The molecule has 0 radical (unpaired) electrons. The molecular formula is C56H101NO10. The number of aliphatic hydroxyl groups is 5. The largest absolute Gasteiger partial charge is 0.454 e. The van der Waals surface area contributed by atoms with Crippen LogP contribution in [0.5, 0.6) is 0 Å². The molecule has 8 atom stereocenters. The van der Waals surface area contributed by atoms with E-state index in [0.717, 1.165) is 77.0 Å². The third kappa shape index (κ3) is 33.7. The van der Waals surface area contributed by atoms with Crippen molar-refractivity contribution in [3.05, 3.63) is 48.6 Å². The molecule has 0 saturated carbocycles. The lowest BCUT2D eigenvalue weighted by Crippen LogP contribution is -2.61. The van der Waals surface area contributed by atoms with Gasteiger partial charge in [0.2, 0.25) is 5.91 Å². The molecule has 1 rings (SSSR count). The lowest BCUT2D eigenvalue weighted by molar-refractivity contribution is -0.305. The summed E-state index contributed by atoms with van der Waals surface area (Å²) in [7, 11) is 0. The molecule has 0 bridgehead atoms. The van der Waals surface area contributed by atoms with Crippen molar-refractivity contribution >= 4 is 11.9 Å². The van der Waals surface area contributed by atoms with Crippen LogP contribution in [0.2, 0.25) is 0 Å². The summed E-state index contributed by atoms with van der Waals surface area (Å²) in [5.41, 5.74) is 0. The van der Waals surface area contributed by atoms with Gasteiger partial charge < -0.3 is 45.1 Å². The van der Waals surface area contributed by atoms with Gasteiger partial charge >= 0.3 is 5.97 Å². The molecule has 0 aliphatic carbocycles. The summed E-state index contributed by atoms with van der Waals surface area (Å²) in [6, 6.07) is -1.03. The van der Waals surface area contributed by atoms with E-state index in [9.17, 15) is 35.1 Å². The van der Waals surface area contributed by atoms with Crippen LogP contribution in [-0.2, 0) is 23.8 Å². The topological polar surface area (TPSA) is 175 Å². The van der Waals surface area contributed by atoms with E-state index in [0.29, 0.717) is 12.8 Å². The Kier molecular flexibility index (Phi) is 41.9. The number of ether oxygens (including phenoxy) is 3. The predicted octanol–water partition coefficient (Wildman–Crippen LogP) is 11.7. The number of amides is 1. The molecule has 1 amide bonds. The number of esters is 1. The zero-order chi connectivity index (χ0) is 49.0. The lowest BCUT2D eigenvalue weighted by Gasteiger charge is -2.41. The standard InChI is InChI=1S/C56H101NO10/c1-4-7-10-13-16-19-22-23-24-25-26-29-31-34-37-40-43-49(60)55(64)57-47(48(59)42-39-36-33-30-27-20-17-14-11-8-5-2)46-65-56-54(53(63)52(62)50(45-58)66-56)67-51(61)44-41-38-35-32-28-21-18-15-12-9-6-3/h16,19,23-24,26,29,39,42,47-50,52-54,56,58-60,62-63H,4-15,17-18,20-22,25,27-28,30-38,40-41,43-46H2,1-3H3,(H,57,64)/b19-16-,24-23-,29-26-,42-39+. The molecule has 11 nitrogen and oxygen atoms in total. The third-order valence-corrected chi connectivity index (χ3v) is 12.7. The van der Waals surface area contributed by atoms with Crippen molar-refractivity contribution in [3.63, 3.8) is 0 Å². The number of aliphatic hydroxyl groups excluding tert-OH is 5. The number of carbonyl (C=O) groups is 2. The first kappa shape index (κ1) is 62.6. The third-order valence-electron chi connectivity index (χ3n) is 12.7. The van der Waals surface area contributed by atoms with E-state index in [4.69, 9.17) is 14.2 Å². The molecule has 1 aliphatic rings. The molecule has 0 aromatic heterocycles. The van der Waals surface area contributed by atoms with Crippen molar-refractivity contribution in [1.82, 2.24) is 5.32 Å². The molecule has 1 aliphatic heterocycles. The van der Waals surface area contributed by atoms with Crippen LogP contribution in [-0.4, -0.2) is 99.6 Å². The van der Waals surface area contributed by atoms with E-state index in [-0.39, 0.29) is 19.4 Å². The van der Waals surface area contributed by atoms with Crippen LogP contribution in [0.15, 0.2) is 48.6 Å². The maximum Gasteiger partial charge on any atom is 0.306 e. The fourth-order valence-corrected chi connectivity index (χ4v) is 8.30. The van der Waals surface area contributed by atoms with Gasteiger partial charge in [0.1, 0.15) is 24.4 Å². The van der Waals surface area contributed by atoms with Crippen LogP contribution in [0, 0.1) is 0 Å². The molecule has 1 heterocycles. The SMILES string of the molecule is CCCCC/C=C\C/C=C\C/C=C\CCCCCC(O)C(=O)NC(COC1OC(CO)C(O)C(O)C1OC(=O)CCCCCCCCCCCCC)C(O)/C=C/CCCCCCCCCCC. The van der Waals surface area contributed by atoms with Gasteiger partial charge in [-0.3, -0.25) is 9.59 Å². The Labute approximate surface area is 408 Å². The van der Waals surface area contributed by atoms with Crippen molar-refractivity contribution in [2.24, 2.45) is 0 Å².